The Kier molecular flexibility index (Phi) is 12.1. The molecular weight excluding hydrogens is 434 g/mol. The van der Waals surface area contributed by atoms with Crippen molar-refractivity contribution < 1.29 is 24.2 Å². The Morgan fingerprint density at radius 1 is 1.09 bits per heavy atom. The number of nitrogens with one attached hydrogen (secondary N) is 2. The number of nitrogens with zero attached hydrogens (tertiary/aromatic N) is 1. The van der Waals surface area contributed by atoms with Gasteiger partial charge < -0.3 is 25.4 Å². The third-order valence-electron chi connectivity index (χ3n) is 5.36. The van der Waals surface area contributed by atoms with Crippen molar-refractivity contribution in [2.24, 2.45) is 0 Å². The van der Waals surface area contributed by atoms with E-state index in [2.05, 4.69) is 10.6 Å². The highest BCUT2D eigenvalue weighted by Crippen LogP contribution is 2.26. The molecule has 0 aliphatic heterocycles. The van der Waals surface area contributed by atoms with Gasteiger partial charge in [-0.2, -0.15) is 0 Å². The van der Waals surface area contributed by atoms with Gasteiger partial charge in [-0.05, 0) is 58.6 Å². The van der Waals surface area contributed by atoms with E-state index in [0.29, 0.717) is 18.5 Å². The minimum atomic E-state index is -1.24. The van der Waals surface area contributed by atoms with Gasteiger partial charge in [0.25, 0.3) is 0 Å². The molecular formula is C26H43N3O5. The molecule has 0 saturated carbocycles. The van der Waals surface area contributed by atoms with Gasteiger partial charge in [0.05, 0.1) is 6.61 Å². The van der Waals surface area contributed by atoms with Gasteiger partial charge in [0.1, 0.15) is 17.7 Å². The van der Waals surface area contributed by atoms with E-state index in [-0.39, 0.29) is 11.9 Å². The molecule has 0 heterocycles. The highest BCUT2D eigenvalue weighted by Gasteiger charge is 2.36. The van der Waals surface area contributed by atoms with Gasteiger partial charge in [0.2, 0.25) is 11.8 Å². The monoisotopic (exact) mass is 477 g/mol. The molecule has 8 heteroatoms. The fraction of sp³-hybridized carbons (Fsp3) is 0.654. The number of carbonyl (C=O) groups excluding carboxylic acids is 3. The van der Waals surface area contributed by atoms with Crippen LogP contribution in [0.5, 0.6) is 0 Å². The zero-order valence-corrected chi connectivity index (χ0v) is 21.8. The van der Waals surface area contributed by atoms with Crippen molar-refractivity contribution in [3.8, 4) is 0 Å². The lowest BCUT2D eigenvalue weighted by Crippen LogP contribution is -2.55. The van der Waals surface area contributed by atoms with Crippen LogP contribution < -0.4 is 10.6 Å². The Morgan fingerprint density at radius 3 is 2.26 bits per heavy atom. The van der Waals surface area contributed by atoms with Crippen molar-refractivity contribution in [1.29, 1.82) is 0 Å². The second-order valence-corrected chi connectivity index (χ2v) is 9.72. The van der Waals surface area contributed by atoms with Gasteiger partial charge in [0, 0.05) is 12.6 Å². The molecule has 1 rings (SSSR count). The van der Waals surface area contributed by atoms with Gasteiger partial charge >= 0.3 is 6.09 Å². The van der Waals surface area contributed by atoms with Gasteiger partial charge in [-0.25, -0.2) is 4.79 Å². The topological polar surface area (TPSA) is 108 Å². The lowest BCUT2D eigenvalue weighted by atomic mass is 9.97. The summed E-state index contributed by atoms with van der Waals surface area (Å²) in [7, 11) is 0. The molecule has 0 aromatic heterocycles. The van der Waals surface area contributed by atoms with Crippen LogP contribution >= 0.6 is 0 Å². The van der Waals surface area contributed by atoms with Crippen molar-refractivity contribution >= 4 is 17.9 Å². The predicted octanol–water partition coefficient (Wildman–Crippen LogP) is 3.86. The summed E-state index contributed by atoms with van der Waals surface area (Å²) in [6.45, 7) is 12.7. The van der Waals surface area contributed by atoms with Crippen molar-refractivity contribution in [1.82, 2.24) is 15.5 Å². The van der Waals surface area contributed by atoms with Gasteiger partial charge in [0.15, 0.2) is 0 Å². The number of ether oxygens (including phenoxy) is 1. The second kappa shape index (κ2) is 13.9. The largest absolute Gasteiger partial charge is 0.444 e. The van der Waals surface area contributed by atoms with Crippen LogP contribution in [0.1, 0.15) is 84.4 Å². The minimum Gasteiger partial charge on any atom is -0.444 e. The summed E-state index contributed by atoms with van der Waals surface area (Å²) in [4.78, 5) is 41.0. The van der Waals surface area contributed by atoms with Crippen molar-refractivity contribution in [2.75, 3.05) is 13.2 Å². The van der Waals surface area contributed by atoms with E-state index in [9.17, 15) is 19.5 Å². The van der Waals surface area contributed by atoms with Crippen LogP contribution in [0.2, 0.25) is 0 Å². The number of aliphatic hydroxyl groups is 1. The summed E-state index contributed by atoms with van der Waals surface area (Å²) >= 11 is 0. The maximum Gasteiger partial charge on any atom is 0.408 e. The number of aliphatic hydroxyl groups excluding tert-OH is 1. The predicted molar refractivity (Wildman–Crippen MR) is 133 cm³/mol. The Balaban J connectivity index is 3.37. The highest BCUT2D eigenvalue weighted by molar-refractivity contribution is 5.92. The third kappa shape index (κ3) is 9.33. The normalized spacial score (nSPS) is 14.0. The lowest BCUT2D eigenvalue weighted by Gasteiger charge is -2.35. The molecule has 192 valence electrons. The molecule has 3 N–H and O–H groups in total. The molecule has 3 unspecified atom stereocenters. The lowest BCUT2D eigenvalue weighted by molar-refractivity contribution is -0.143. The fourth-order valence-electron chi connectivity index (χ4n) is 3.70. The summed E-state index contributed by atoms with van der Waals surface area (Å²) in [6.07, 6.45) is 2.40. The van der Waals surface area contributed by atoms with E-state index >= 15 is 0 Å². The number of benzene rings is 1. The summed E-state index contributed by atoms with van der Waals surface area (Å²) in [5, 5.41) is 15.5. The molecule has 0 saturated heterocycles. The smallest absolute Gasteiger partial charge is 0.408 e. The standard InChI is InChI=1S/C26H43N3O5/c1-8-10-16-29(24(32)21(17-30)28-25(33)34-26(5,6)7)22(20-15-12-11-14-18(20)3)23(31)27-19(4)13-9-2/h11-12,14-15,19,21-22,30H,8-10,13,16-17H2,1-7H3,(H,27,31)(H,28,33). The van der Waals surface area contributed by atoms with E-state index in [0.717, 1.165) is 24.8 Å². The first-order valence-electron chi connectivity index (χ1n) is 12.2. The number of unbranched alkanes of at least 4 members (excludes halogenated alkanes) is 1. The van der Waals surface area contributed by atoms with E-state index in [1.54, 1.807) is 20.8 Å². The molecule has 0 bridgehead atoms. The maximum atomic E-state index is 13.6. The third-order valence-corrected chi connectivity index (χ3v) is 5.36. The number of rotatable bonds is 12. The van der Waals surface area contributed by atoms with Crippen LogP contribution in [0.4, 0.5) is 4.79 Å². The zero-order valence-electron chi connectivity index (χ0n) is 21.8. The first kappa shape index (κ1) is 29.4. The Morgan fingerprint density at radius 2 is 1.74 bits per heavy atom. The molecule has 0 radical (unpaired) electrons. The quantitative estimate of drug-likeness (QED) is 0.424. The number of aryl methyl sites for hydroxylation is 1. The molecule has 0 fully saturated rings. The average molecular weight is 478 g/mol. The van der Waals surface area contributed by atoms with Crippen molar-refractivity contribution in [2.45, 2.75) is 97.9 Å². The van der Waals surface area contributed by atoms with Crippen LogP contribution in [0.15, 0.2) is 24.3 Å². The summed E-state index contributed by atoms with van der Waals surface area (Å²) in [5.41, 5.74) is 0.830. The van der Waals surface area contributed by atoms with E-state index < -0.39 is 36.3 Å². The molecule has 8 nitrogen and oxygen atoms in total. The number of amides is 3. The highest BCUT2D eigenvalue weighted by atomic mass is 16.6. The van der Waals surface area contributed by atoms with Crippen LogP contribution in [-0.4, -0.2) is 58.8 Å². The van der Waals surface area contributed by atoms with Gasteiger partial charge in [-0.15, -0.1) is 0 Å². The second-order valence-electron chi connectivity index (χ2n) is 9.72. The van der Waals surface area contributed by atoms with Crippen molar-refractivity contribution in [3.05, 3.63) is 35.4 Å². The Bertz CT molecular complexity index is 806. The van der Waals surface area contributed by atoms with E-state index in [1.165, 1.54) is 4.90 Å². The van der Waals surface area contributed by atoms with Gasteiger partial charge in [-0.1, -0.05) is 51.0 Å². The van der Waals surface area contributed by atoms with E-state index in [1.807, 2.05) is 52.0 Å². The summed E-state index contributed by atoms with van der Waals surface area (Å²) in [5.74, 6) is -0.818. The first-order valence-corrected chi connectivity index (χ1v) is 12.2. The molecule has 0 aliphatic carbocycles. The number of alkyl carbamates (subject to hydrolysis) is 1. The minimum absolute atomic E-state index is 0.0549. The zero-order chi connectivity index (χ0) is 25.9. The van der Waals surface area contributed by atoms with Crippen LogP contribution in [0.3, 0.4) is 0 Å². The van der Waals surface area contributed by atoms with Crippen LogP contribution in [0, 0.1) is 6.92 Å². The molecule has 0 aliphatic rings. The molecule has 3 amide bonds. The maximum absolute atomic E-state index is 13.6. The fourth-order valence-corrected chi connectivity index (χ4v) is 3.70. The summed E-state index contributed by atoms with van der Waals surface area (Å²) in [6, 6.07) is 5.27. The SMILES string of the molecule is CCCCN(C(=O)C(CO)NC(=O)OC(C)(C)C)C(C(=O)NC(C)CCC)c1ccccc1C. The first-order chi connectivity index (χ1) is 15.9. The molecule has 0 spiro atoms. The van der Waals surface area contributed by atoms with Crippen LogP contribution in [-0.2, 0) is 14.3 Å². The summed E-state index contributed by atoms with van der Waals surface area (Å²) < 4.78 is 5.26. The number of hydrogen-bond acceptors (Lipinski definition) is 5. The Labute approximate surface area is 204 Å². The van der Waals surface area contributed by atoms with Crippen LogP contribution in [0.25, 0.3) is 0 Å². The number of carbonyl (C=O) groups is 3. The van der Waals surface area contributed by atoms with E-state index in [4.69, 9.17) is 4.74 Å². The van der Waals surface area contributed by atoms with Gasteiger partial charge in [-0.3, -0.25) is 9.59 Å². The molecule has 1 aromatic carbocycles. The Hall–Kier alpha value is -2.61. The van der Waals surface area contributed by atoms with Crippen molar-refractivity contribution in [3.63, 3.8) is 0 Å². The molecule has 34 heavy (non-hydrogen) atoms. The number of hydrogen-bond donors (Lipinski definition) is 3. The average Bonchev–Trinajstić information content (AvgIpc) is 2.74. The molecule has 1 aromatic rings. The molecule has 3 atom stereocenters.